The van der Waals surface area contributed by atoms with E-state index in [-0.39, 0.29) is 18.2 Å². The molecule has 3 aromatic rings. The second kappa shape index (κ2) is 15.0. The van der Waals surface area contributed by atoms with Gasteiger partial charge in [-0.2, -0.15) is 0 Å². The van der Waals surface area contributed by atoms with Crippen molar-refractivity contribution in [3.05, 3.63) is 70.9 Å². The molecule has 0 bridgehead atoms. The third kappa shape index (κ3) is 9.39. The van der Waals surface area contributed by atoms with Crippen LogP contribution in [0.2, 0.25) is 0 Å². The number of halogens is 1. The van der Waals surface area contributed by atoms with Crippen LogP contribution in [0.4, 0.5) is 4.39 Å². The Balaban J connectivity index is 1.45. The molecular formula is C26H33FNO5PS. The molecule has 190 valence electrons. The van der Waals surface area contributed by atoms with Crippen molar-refractivity contribution in [2.45, 2.75) is 38.6 Å². The molecule has 0 aliphatic carbocycles. The molecule has 0 aliphatic heterocycles. The maximum absolute atomic E-state index is 13.8. The van der Waals surface area contributed by atoms with Gasteiger partial charge >= 0.3 is 8.25 Å². The van der Waals surface area contributed by atoms with E-state index >= 15 is 0 Å². The van der Waals surface area contributed by atoms with Gasteiger partial charge in [-0.15, -0.1) is 11.3 Å². The Morgan fingerprint density at radius 1 is 1.00 bits per heavy atom. The molecule has 9 heteroatoms. The highest BCUT2D eigenvalue weighted by atomic mass is 32.1. The van der Waals surface area contributed by atoms with Gasteiger partial charge in [-0.1, -0.05) is 18.2 Å². The standard InChI is InChI=1S/C26H33FNO5PS/c1-31-25-12-9-20(18-23(25)27)7-3-2-4-14-32-24-11-10-21(17-22(24)26-8-5-16-35-26)19-28-13-6-15-33-34(29)30/h5,8-12,16-18,28,34H,2-4,6-7,13-15,19H2,1H3,(H,29,30). The minimum atomic E-state index is -2.85. The second-order valence-corrected chi connectivity index (χ2v) is 9.85. The molecule has 0 fully saturated rings. The summed E-state index contributed by atoms with van der Waals surface area (Å²) >= 11 is 1.68. The van der Waals surface area contributed by atoms with E-state index < -0.39 is 8.25 Å². The van der Waals surface area contributed by atoms with Gasteiger partial charge in [0.15, 0.2) is 11.6 Å². The first-order valence-corrected chi connectivity index (χ1v) is 13.9. The number of hydrogen-bond acceptors (Lipinski definition) is 6. The average Bonchev–Trinajstić information content (AvgIpc) is 3.39. The van der Waals surface area contributed by atoms with Gasteiger partial charge in [0.1, 0.15) is 5.75 Å². The number of aryl methyl sites for hydroxylation is 1. The summed E-state index contributed by atoms with van der Waals surface area (Å²) in [6, 6.07) is 15.5. The highest BCUT2D eigenvalue weighted by Gasteiger charge is 2.10. The van der Waals surface area contributed by atoms with Gasteiger partial charge in [-0.3, -0.25) is 4.57 Å². The predicted octanol–water partition coefficient (Wildman–Crippen LogP) is 6.23. The predicted molar refractivity (Wildman–Crippen MR) is 139 cm³/mol. The largest absolute Gasteiger partial charge is 0.494 e. The van der Waals surface area contributed by atoms with Crippen molar-refractivity contribution in [1.29, 1.82) is 0 Å². The molecule has 0 aliphatic rings. The monoisotopic (exact) mass is 521 g/mol. The maximum Gasteiger partial charge on any atom is 0.316 e. The van der Waals surface area contributed by atoms with Crippen LogP contribution in [-0.2, 0) is 22.1 Å². The molecular weight excluding hydrogens is 488 g/mol. The fraction of sp³-hybridized carbons (Fsp3) is 0.385. The molecule has 2 aromatic carbocycles. The number of rotatable bonds is 16. The van der Waals surface area contributed by atoms with Gasteiger partial charge in [-0.25, -0.2) is 4.39 Å². The summed E-state index contributed by atoms with van der Waals surface area (Å²) in [7, 11) is -1.38. The molecule has 1 heterocycles. The molecule has 6 nitrogen and oxygen atoms in total. The lowest BCUT2D eigenvalue weighted by atomic mass is 10.1. The van der Waals surface area contributed by atoms with Crippen molar-refractivity contribution in [2.75, 3.05) is 26.9 Å². The normalized spacial score (nSPS) is 12.0. The fourth-order valence-corrected chi connectivity index (χ4v) is 4.75. The zero-order chi connectivity index (χ0) is 24.9. The zero-order valence-corrected chi connectivity index (χ0v) is 21.7. The quantitative estimate of drug-likeness (QED) is 0.172. The van der Waals surface area contributed by atoms with Crippen LogP contribution in [0.25, 0.3) is 10.4 Å². The minimum absolute atomic E-state index is 0.269. The molecule has 0 spiro atoms. The Kier molecular flexibility index (Phi) is 11.7. The summed E-state index contributed by atoms with van der Waals surface area (Å²) in [4.78, 5) is 9.84. The summed E-state index contributed by atoms with van der Waals surface area (Å²) in [5, 5.41) is 5.39. The summed E-state index contributed by atoms with van der Waals surface area (Å²) in [6.45, 7) is 2.29. The highest BCUT2D eigenvalue weighted by molar-refractivity contribution is 7.32. The van der Waals surface area contributed by atoms with Crippen LogP contribution < -0.4 is 14.8 Å². The van der Waals surface area contributed by atoms with E-state index in [1.54, 1.807) is 23.5 Å². The molecule has 0 saturated heterocycles. The number of benzene rings is 2. The molecule has 0 radical (unpaired) electrons. The first kappa shape index (κ1) is 27.4. The van der Waals surface area contributed by atoms with Crippen LogP contribution in [0.1, 0.15) is 36.8 Å². The number of nitrogens with one attached hydrogen (secondary N) is 1. The van der Waals surface area contributed by atoms with Gasteiger partial charge in [0.25, 0.3) is 0 Å². The molecule has 0 saturated carbocycles. The van der Waals surface area contributed by atoms with Gasteiger partial charge in [-0.05, 0) is 85.5 Å². The maximum atomic E-state index is 13.8. The van der Waals surface area contributed by atoms with E-state index in [1.807, 2.05) is 18.2 Å². The lowest BCUT2D eigenvalue weighted by Gasteiger charge is -2.13. The Hall–Kier alpha value is -2.22. The Bertz CT molecular complexity index is 1060. The van der Waals surface area contributed by atoms with Crippen molar-refractivity contribution in [2.24, 2.45) is 0 Å². The lowest BCUT2D eigenvalue weighted by Crippen LogP contribution is -2.16. The molecule has 1 atom stereocenters. The number of ether oxygens (including phenoxy) is 2. The molecule has 0 amide bonds. The van der Waals surface area contributed by atoms with E-state index in [1.165, 1.54) is 7.11 Å². The number of thiophene rings is 1. The minimum Gasteiger partial charge on any atom is -0.494 e. The van der Waals surface area contributed by atoms with E-state index in [0.717, 1.165) is 53.0 Å². The van der Waals surface area contributed by atoms with Gasteiger partial charge in [0, 0.05) is 17.0 Å². The molecule has 2 N–H and O–H groups in total. The third-order valence-electron chi connectivity index (χ3n) is 5.47. The van der Waals surface area contributed by atoms with E-state index in [4.69, 9.17) is 18.9 Å². The molecule has 3 rings (SSSR count). The summed E-state index contributed by atoms with van der Waals surface area (Å²) in [6.07, 6.45) is 4.39. The highest BCUT2D eigenvalue weighted by Crippen LogP contribution is 2.34. The van der Waals surface area contributed by atoms with E-state index in [9.17, 15) is 8.96 Å². The number of methoxy groups -OCH3 is 1. The topological polar surface area (TPSA) is 77.0 Å². The van der Waals surface area contributed by atoms with Crippen molar-refractivity contribution >= 4 is 19.6 Å². The summed E-state index contributed by atoms with van der Waals surface area (Å²) < 4.78 is 40.2. The molecule has 1 aromatic heterocycles. The first-order chi connectivity index (χ1) is 17.1. The van der Waals surface area contributed by atoms with Crippen LogP contribution in [0.15, 0.2) is 53.9 Å². The second-order valence-electron chi connectivity index (χ2n) is 8.08. The van der Waals surface area contributed by atoms with Crippen LogP contribution in [0.3, 0.4) is 0 Å². The van der Waals surface area contributed by atoms with Gasteiger partial charge < -0.3 is 24.2 Å². The zero-order valence-electron chi connectivity index (χ0n) is 19.9. The number of hydrogen-bond donors (Lipinski definition) is 2. The summed E-state index contributed by atoms with van der Waals surface area (Å²) in [5.41, 5.74) is 3.20. The number of unbranched alkanes of at least 4 members (excludes halogenated alkanes) is 2. The van der Waals surface area contributed by atoms with Crippen molar-refractivity contribution < 1.29 is 27.8 Å². The van der Waals surface area contributed by atoms with Crippen LogP contribution in [0.5, 0.6) is 11.5 Å². The molecule has 35 heavy (non-hydrogen) atoms. The van der Waals surface area contributed by atoms with E-state index in [0.29, 0.717) is 26.1 Å². The lowest BCUT2D eigenvalue weighted by molar-refractivity contribution is 0.276. The molecule has 1 unspecified atom stereocenters. The van der Waals surface area contributed by atoms with Crippen molar-refractivity contribution in [3.63, 3.8) is 0 Å². The summed E-state index contributed by atoms with van der Waals surface area (Å²) in [5.74, 6) is 0.829. The average molecular weight is 522 g/mol. The SMILES string of the molecule is COc1ccc(CCCCCOc2ccc(CNCCCO[PH](=O)O)cc2-c2cccs2)cc1F. The van der Waals surface area contributed by atoms with Gasteiger partial charge in [0.05, 0.1) is 20.3 Å². The van der Waals surface area contributed by atoms with Crippen molar-refractivity contribution in [1.82, 2.24) is 5.32 Å². The Labute approximate surface area is 211 Å². The smallest absolute Gasteiger partial charge is 0.316 e. The Morgan fingerprint density at radius 2 is 1.83 bits per heavy atom. The van der Waals surface area contributed by atoms with E-state index in [2.05, 4.69) is 28.9 Å². The van der Waals surface area contributed by atoms with Crippen molar-refractivity contribution in [3.8, 4) is 21.9 Å². The fourth-order valence-electron chi connectivity index (χ4n) is 3.68. The van der Waals surface area contributed by atoms with Crippen LogP contribution in [-0.4, -0.2) is 31.8 Å². The third-order valence-corrected chi connectivity index (χ3v) is 6.82. The van der Waals surface area contributed by atoms with Crippen LogP contribution in [0, 0.1) is 5.82 Å². The van der Waals surface area contributed by atoms with Gasteiger partial charge in [0.2, 0.25) is 0 Å². The van der Waals surface area contributed by atoms with Crippen LogP contribution >= 0.6 is 19.6 Å². The Morgan fingerprint density at radius 3 is 2.57 bits per heavy atom. The first-order valence-electron chi connectivity index (χ1n) is 11.8.